The molecule has 1 rings (SSSR count). The largest absolute Gasteiger partial charge is 0.480 e. The van der Waals surface area contributed by atoms with E-state index in [9.17, 15) is 29.1 Å². The predicted octanol–water partition coefficient (Wildman–Crippen LogP) is -3.16. The summed E-state index contributed by atoms with van der Waals surface area (Å²) in [6.45, 7) is -0.122. The number of H-pyrrole nitrogens is 1. The van der Waals surface area contributed by atoms with Crippen LogP contribution in [0.5, 0.6) is 0 Å². The van der Waals surface area contributed by atoms with E-state index in [0.29, 0.717) is 25.1 Å². The van der Waals surface area contributed by atoms with E-state index in [0.717, 1.165) is 0 Å². The van der Waals surface area contributed by atoms with Crippen molar-refractivity contribution < 1.29 is 29.1 Å². The van der Waals surface area contributed by atoms with Crippen LogP contribution in [-0.4, -0.2) is 75.9 Å². The summed E-state index contributed by atoms with van der Waals surface area (Å²) in [6, 6.07) is -3.29. The third-order valence-electron chi connectivity index (χ3n) is 4.65. The van der Waals surface area contributed by atoms with Crippen molar-refractivity contribution in [2.75, 3.05) is 13.1 Å². The summed E-state index contributed by atoms with van der Waals surface area (Å²) >= 11 is 0. The molecule has 184 valence electrons. The Hall–Kier alpha value is -3.52. The number of primary amides is 1. The number of nitrogens with one attached hydrogen (secondary N) is 4. The SMILES string of the molecule is NCCCCC(NC(=O)CNC(=O)C(CCC(N)=O)NC(=O)C(N)Cc1cnc[nH]1)C(=O)O. The van der Waals surface area contributed by atoms with Gasteiger partial charge in [-0.15, -0.1) is 0 Å². The van der Waals surface area contributed by atoms with E-state index < -0.39 is 54.3 Å². The van der Waals surface area contributed by atoms with Gasteiger partial charge in [0.25, 0.3) is 0 Å². The van der Waals surface area contributed by atoms with E-state index >= 15 is 0 Å². The predicted molar refractivity (Wildman–Crippen MR) is 116 cm³/mol. The van der Waals surface area contributed by atoms with Gasteiger partial charge in [-0.05, 0) is 32.2 Å². The topological polar surface area (TPSA) is 248 Å². The molecule has 1 aromatic rings. The number of carbonyl (C=O) groups is 5. The van der Waals surface area contributed by atoms with Crippen LogP contribution in [0.4, 0.5) is 0 Å². The number of amides is 4. The maximum Gasteiger partial charge on any atom is 0.326 e. The Labute approximate surface area is 190 Å². The summed E-state index contributed by atoms with van der Waals surface area (Å²) in [5.74, 6) is -4.00. The van der Waals surface area contributed by atoms with E-state index in [4.69, 9.17) is 17.2 Å². The number of imidazole rings is 1. The molecule has 0 radical (unpaired) electrons. The molecule has 0 spiro atoms. The van der Waals surface area contributed by atoms with Crippen molar-refractivity contribution in [2.24, 2.45) is 17.2 Å². The third-order valence-corrected chi connectivity index (χ3v) is 4.65. The lowest BCUT2D eigenvalue weighted by Gasteiger charge is -2.20. The average molecular weight is 469 g/mol. The van der Waals surface area contributed by atoms with Crippen molar-refractivity contribution in [3.05, 3.63) is 18.2 Å². The van der Waals surface area contributed by atoms with Crippen LogP contribution in [-0.2, 0) is 30.4 Å². The molecule has 14 heteroatoms. The minimum Gasteiger partial charge on any atom is -0.480 e. The summed E-state index contributed by atoms with van der Waals surface area (Å²) in [6.07, 6.45) is 4.09. The van der Waals surface area contributed by atoms with E-state index in [1.165, 1.54) is 12.5 Å². The first-order valence-corrected chi connectivity index (χ1v) is 10.5. The number of carboxylic acids is 1. The second-order valence-corrected chi connectivity index (χ2v) is 7.41. The molecular weight excluding hydrogens is 436 g/mol. The molecule has 0 bridgehead atoms. The van der Waals surface area contributed by atoms with Gasteiger partial charge in [-0.25, -0.2) is 9.78 Å². The first kappa shape index (κ1) is 27.5. The highest BCUT2D eigenvalue weighted by atomic mass is 16.4. The molecule has 1 aromatic heterocycles. The standard InChI is InChI=1S/C19H32N8O6/c20-6-2-1-3-14(19(32)33)26-16(29)9-24-18(31)13(4-5-15(22)28)27-17(30)12(21)7-11-8-23-10-25-11/h8,10,12-14H,1-7,9,20-21H2,(H2,22,28)(H,23,25)(H,24,31)(H,26,29)(H,27,30)(H,32,33). The molecule has 0 saturated carbocycles. The molecule has 14 nitrogen and oxygen atoms in total. The quantitative estimate of drug-likeness (QED) is 0.114. The number of hydrogen-bond donors (Lipinski definition) is 8. The van der Waals surface area contributed by atoms with E-state index in [-0.39, 0.29) is 25.7 Å². The normalized spacial score (nSPS) is 13.4. The zero-order chi connectivity index (χ0) is 24.8. The molecule has 3 atom stereocenters. The Morgan fingerprint density at radius 3 is 2.36 bits per heavy atom. The van der Waals surface area contributed by atoms with Crippen LogP contribution in [0.25, 0.3) is 0 Å². The highest BCUT2D eigenvalue weighted by Crippen LogP contribution is 2.02. The zero-order valence-corrected chi connectivity index (χ0v) is 18.2. The molecule has 11 N–H and O–H groups in total. The Kier molecular flexibility index (Phi) is 12.1. The number of rotatable bonds is 16. The Morgan fingerprint density at radius 1 is 1.06 bits per heavy atom. The second kappa shape index (κ2) is 14.5. The number of aromatic amines is 1. The van der Waals surface area contributed by atoms with Crippen LogP contribution in [0.3, 0.4) is 0 Å². The van der Waals surface area contributed by atoms with Gasteiger partial charge in [0, 0.05) is 24.7 Å². The number of nitrogens with two attached hydrogens (primary N) is 3. The van der Waals surface area contributed by atoms with Crippen molar-refractivity contribution in [2.45, 2.75) is 56.7 Å². The number of unbranched alkanes of at least 4 members (excludes halogenated alkanes) is 1. The number of aliphatic carboxylic acids is 1. The van der Waals surface area contributed by atoms with E-state index in [1.54, 1.807) is 0 Å². The van der Waals surface area contributed by atoms with Gasteiger partial charge in [-0.1, -0.05) is 0 Å². The number of carboxylic acid groups (broad SMARTS) is 1. The van der Waals surface area contributed by atoms with Crippen LogP contribution < -0.4 is 33.2 Å². The molecule has 0 aliphatic carbocycles. The fourth-order valence-electron chi connectivity index (χ4n) is 2.85. The lowest BCUT2D eigenvalue weighted by Crippen LogP contribution is -2.54. The van der Waals surface area contributed by atoms with Gasteiger partial charge >= 0.3 is 5.97 Å². The molecular formula is C19H32N8O6. The van der Waals surface area contributed by atoms with Gasteiger partial charge in [0.05, 0.1) is 18.9 Å². The van der Waals surface area contributed by atoms with E-state index in [2.05, 4.69) is 25.9 Å². The number of hydrogen-bond acceptors (Lipinski definition) is 8. The lowest BCUT2D eigenvalue weighted by atomic mass is 10.1. The molecule has 4 amide bonds. The summed E-state index contributed by atoms with van der Waals surface area (Å²) in [5.41, 5.74) is 17.0. The van der Waals surface area contributed by atoms with Crippen molar-refractivity contribution in [1.82, 2.24) is 25.9 Å². The minimum atomic E-state index is -1.20. The first-order chi connectivity index (χ1) is 15.6. The van der Waals surface area contributed by atoms with E-state index in [1.807, 2.05) is 0 Å². The highest BCUT2D eigenvalue weighted by Gasteiger charge is 2.26. The number of carbonyl (C=O) groups excluding carboxylic acids is 4. The Balaban J connectivity index is 2.64. The van der Waals surface area contributed by atoms with Gasteiger partial charge in [0.15, 0.2) is 0 Å². The zero-order valence-electron chi connectivity index (χ0n) is 18.2. The Bertz CT molecular complexity index is 800. The van der Waals surface area contributed by atoms with Crippen LogP contribution in [0, 0.1) is 0 Å². The molecule has 0 saturated heterocycles. The summed E-state index contributed by atoms with van der Waals surface area (Å²) in [4.78, 5) is 66.0. The van der Waals surface area contributed by atoms with Gasteiger partial charge < -0.3 is 43.2 Å². The number of aromatic nitrogens is 2. The average Bonchev–Trinajstić information content (AvgIpc) is 3.26. The van der Waals surface area contributed by atoms with Gasteiger partial charge in [0.2, 0.25) is 23.6 Å². The maximum absolute atomic E-state index is 12.5. The summed E-state index contributed by atoms with van der Waals surface area (Å²) in [5, 5.41) is 16.3. The van der Waals surface area contributed by atoms with Gasteiger partial charge in [-0.2, -0.15) is 0 Å². The van der Waals surface area contributed by atoms with Crippen LogP contribution >= 0.6 is 0 Å². The monoisotopic (exact) mass is 468 g/mol. The maximum atomic E-state index is 12.5. The van der Waals surface area contributed by atoms with Crippen LogP contribution in [0.1, 0.15) is 37.8 Å². The van der Waals surface area contributed by atoms with Crippen molar-refractivity contribution in [3.63, 3.8) is 0 Å². The first-order valence-electron chi connectivity index (χ1n) is 10.5. The molecule has 3 unspecified atom stereocenters. The van der Waals surface area contributed by atoms with Crippen molar-refractivity contribution >= 4 is 29.6 Å². The van der Waals surface area contributed by atoms with Crippen LogP contribution in [0.2, 0.25) is 0 Å². The van der Waals surface area contributed by atoms with Gasteiger partial charge in [-0.3, -0.25) is 19.2 Å². The van der Waals surface area contributed by atoms with Crippen LogP contribution in [0.15, 0.2) is 12.5 Å². The molecule has 0 aromatic carbocycles. The summed E-state index contributed by atoms with van der Waals surface area (Å²) in [7, 11) is 0. The molecule has 1 heterocycles. The Morgan fingerprint density at radius 2 is 1.79 bits per heavy atom. The molecule has 0 aliphatic rings. The smallest absolute Gasteiger partial charge is 0.326 e. The summed E-state index contributed by atoms with van der Waals surface area (Å²) < 4.78 is 0. The molecule has 0 fully saturated rings. The molecule has 33 heavy (non-hydrogen) atoms. The third kappa shape index (κ3) is 11.1. The minimum absolute atomic E-state index is 0.109. The fourth-order valence-corrected chi connectivity index (χ4v) is 2.85. The van der Waals surface area contributed by atoms with Crippen molar-refractivity contribution in [3.8, 4) is 0 Å². The number of nitrogens with zero attached hydrogens (tertiary/aromatic N) is 1. The van der Waals surface area contributed by atoms with Crippen molar-refractivity contribution in [1.29, 1.82) is 0 Å². The second-order valence-electron chi connectivity index (χ2n) is 7.41. The molecule has 0 aliphatic heterocycles. The highest BCUT2D eigenvalue weighted by molar-refractivity contribution is 5.93. The van der Waals surface area contributed by atoms with Gasteiger partial charge in [0.1, 0.15) is 12.1 Å². The fraction of sp³-hybridized carbons (Fsp3) is 0.579. The lowest BCUT2D eigenvalue weighted by molar-refractivity contribution is -0.142.